The Morgan fingerprint density at radius 2 is 1.43 bits per heavy atom. The molecule has 0 aliphatic heterocycles. The second kappa shape index (κ2) is 7.60. The molecule has 0 aromatic heterocycles. The third kappa shape index (κ3) is 5.36. The van der Waals surface area contributed by atoms with Crippen molar-refractivity contribution in [3.63, 3.8) is 0 Å². The van der Waals surface area contributed by atoms with Crippen LogP contribution in [0.5, 0.6) is 11.5 Å². The molecule has 0 heterocycles. The van der Waals surface area contributed by atoms with Crippen LogP contribution in [0, 0.1) is 0 Å². The smallest absolute Gasteiger partial charge is 0.120 e. The van der Waals surface area contributed by atoms with Gasteiger partial charge in [-0.3, -0.25) is 0 Å². The second-order valence-electron chi connectivity index (χ2n) is 6.22. The predicted octanol–water partition coefficient (Wildman–Crippen LogP) is 5.76. The number of benzene rings is 2. The first kappa shape index (κ1) is 17.5. The first-order chi connectivity index (χ1) is 10.9. The highest BCUT2D eigenvalue weighted by atomic mass is 32.2. The van der Waals surface area contributed by atoms with Gasteiger partial charge in [-0.25, -0.2) is 0 Å². The lowest BCUT2D eigenvalue weighted by Gasteiger charge is -2.19. The lowest BCUT2D eigenvalue weighted by molar-refractivity contribution is 0.413. The molecule has 122 valence electrons. The minimum Gasteiger partial charge on any atom is -0.497 e. The quantitative estimate of drug-likeness (QED) is 0.513. The highest BCUT2D eigenvalue weighted by Gasteiger charge is 2.14. The number of hydrogen-bond acceptors (Lipinski definition) is 3. The summed E-state index contributed by atoms with van der Waals surface area (Å²) in [6, 6.07) is 14.2. The van der Waals surface area contributed by atoms with Crippen LogP contribution in [0.1, 0.15) is 31.9 Å². The van der Waals surface area contributed by atoms with Gasteiger partial charge in [0.2, 0.25) is 0 Å². The Bertz CT molecular complexity index is 667. The Morgan fingerprint density at radius 3 is 2.00 bits per heavy atom. The van der Waals surface area contributed by atoms with Crippen molar-refractivity contribution in [1.29, 1.82) is 0 Å². The van der Waals surface area contributed by atoms with Gasteiger partial charge in [0.25, 0.3) is 0 Å². The third-order valence-corrected chi connectivity index (χ3v) is 4.39. The summed E-state index contributed by atoms with van der Waals surface area (Å²) in [7, 11) is 3.38. The van der Waals surface area contributed by atoms with Crippen molar-refractivity contribution in [3.05, 3.63) is 53.6 Å². The van der Waals surface area contributed by atoms with Gasteiger partial charge < -0.3 is 9.47 Å². The fraction of sp³-hybridized carbons (Fsp3) is 0.300. The Hall–Kier alpha value is -1.87. The highest BCUT2D eigenvalue weighted by molar-refractivity contribution is 8.00. The molecule has 0 fully saturated rings. The first-order valence-corrected chi connectivity index (χ1v) is 8.42. The summed E-state index contributed by atoms with van der Waals surface area (Å²) in [5.74, 6) is 1.76. The van der Waals surface area contributed by atoms with Crippen LogP contribution in [0.2, 0.25) is 0 Å². The van der Waals surface area contributed by atoms with Crippen molar-refractivity contribution in [2.24, 2.45) is 0 Å². The minimum absolute atomic E-state index is 0.148. The topological polar surface area (TPSA) is 18.5 Å². The predicted molar refractivity (Wildman–Crippen MR) is 101 cm³/mol. The Morgan fingerprint density at radius 1 is 0.826 bits per heavy atom. The fourth-order valence-corrected chi connectivity index (χ4v) is 3.19. The van der Waals surface area contributed by atoms with Gasteiger partial charge in [0, 0.05) is 9.64 Å². The minimum atomic E-state index is 0.148. The van der Waals surface area contributed by atoms with Gasteiger partial charge in [-0.15, -0.1) is 11.8 Å². The molecule has 0 saturated heterocycles. The van der Waals surface area contributed by atoms with Crippen molar-refractivity contribution in [2.45, 2.75) is 30.4 Å². The summed E-state index contributed by atoms with van der Waals surface area (Å²) < 4.78 is 10.7. The summed E-state index contributed by atoms with van der Waals surface area (Å²) in [5.41, 5.74) is 2.34. The summed E-state index contributed by atoms with van der Waals surface area (Å²) in [6.45, 7) is 6.65. The summed E-state index contributed by atoms with van der Waals surface area (Å²) in [5, 5.41) is 0. The van der Waals surface area contributed by atoms with E-state index in [0.29, 0.717) is 0 Å². The molecule has 2 aromatic carbocycles. The van der Waals surface area contributed by atoms with Crippen LogP contribution in [0.4, 0.5) is 0 Å². The Labute approximate surface area is 143 Å². The van der Waals surface area contributed by atoms with Gasteiger partial charge in [0.05, 0.1) is 14.2 Å². The van der Waals surface area contributed by atoms with E-state index < -0.39 is 0 Å². The van der Waals surface area contributed by atoms with Crippen LogP contribution >= 0.6 is 11.8 Å². The van der Waals surface area contributed by atoms with Crippen molar-refractivity contribution in [3.8, 4) is 11.5 Å². The van der Waals surface area contributed by atoms with Crippen LogP contribution in [-0.2, 0) is 0 Å². The fourth-order valence-electron chi connectivity index (χ4n) is 2.10. The molecule has 2 nitrogen and oxygen atoms in total. The molecule has 2 aromatic rings. The number of methoxy groups -OCH3 is 2. The molecule has 0 unspecified atom stereocenters. The average Bonchev–Trinajstić information content (AvgIpc) is 2.52. The number of thioether (sulfide) groups is 1. The maximum atomic E-state index is 5.36. The maximum Gasteiger partial charge on any atom is 0.120 e. The zero-order valence-corrected chi connectivity index (χ0v) is 15.2. The molecule has 0 radical (unpaired) electrons. The normalized spacial score (nSPS) is 11.7. The van der Waals surface area contributed by atoms with E-state index in [1.54, 1.807) is 14.2 Å². The van der Waals surface area contributed by atoms with Gasteiger partial charge in [-0.05, 0) is 35.4 Å². The van der Waals surface area contributed by atoms with Crippen LogP contribution < -0.4 is 9.47 Å². The van der Waals surface area contributed by atoms with Crippen molar-refractivity contribution >= 4 is 23.9 Å². The van der Waals surface area contributed by atoms with E-state index in [2.05, 4.69) is 57.2 Å². The molecule has 0 aliphatic carbocycles. The molecule has 0 spiro atoms. The summed E-state index contributed by atoms with van der Waals surface area (Å²) >= 11 is 1.85. The van der Waals surface area contributed by atoms with E-state index in [-0.39, 0.29) is 4.75 Å². The van der Waals surface area contributed by atoms with E-state index in [9.17, 15) is 0 Å². The van der Waals surface area contributed by atoms with E-state index in [1.807, 2.05) is 30.0 Å². The Balaban J connectivity index is 2.28. The molecule has 2 rings (SSSR count). The highest BCUT2D eigenvalue weighted by Crippen LogP contribution is 2.37. The standard InChI is InChI=1S/C20H24O2S/c1-20(2,3)23-19-14-18(22-5)13-10-16(19)9-6-15-7-11-17(21-4)12-8-15/h6-14H,1-5H3/b9-6+. The Kier molecular flexibility index (Phi) is 5.78. The number of rotatable bonds is 5. The molecule has 3 heteroatoms. The van der Waals surface area contributed by atoms with E-state index >= 15 is 0 Å². The van der Waals surface area contributed by atoms with Gasteiger partial charge in [0.15, 0.2) is 0 Å². The number of hydrogen-bond donors (Lipinski definition) is 0. The molecule has 0 atom stereocenters. The van der Waals surface area contributed by atoms with Gasteiger partial charge in [-0.2, -0.15) is 0 Å². The molecule has 0 amide bonds. The summed E-state index contributed by atoms with van der Waals surface area (Å²) in [4.78, 5) is 1.22. The molecule has 0 bridgehead atoms. The van der Waals surface area contributed by atoms with E-state index in [1.165, 1.54) is 10.5 Å². The van der Waals surface area contributed by atoms with Crippen LogP contribution in [0.15, 0.2) is 47.4 Å². The maximum absolute atomic E-state index is 5.36. The molecular weight excluding hydrogens is 304 g/mol. The SMILES string of the molecule is COc1ccc(/C=C/c2ccc(OC)cc2SC(C)(C)C)cc1. The summed E-state index contributed by atoms with van der Waals surface area (Å²) in [6.07, 6.45) is 4.27. The largest absolute Gasteiger partial charge is 0.497 e. The van der Waals surface area contributed by atoms with Crippen molar-refractivity contribution in [2.75, 3.05) is 14.2 Å². The van der Waals surface area contributed by atoms with Crippen LogP contribution in [0.25, 0.3) is 12.2 Å². The van der Waals surface area contributed by atoms with E-state index in [4.69, 9.17) is 9.47 Å². The zero-order valence-electron chi connectivity index (χ0n) is 14.4. The zero-order chi connectivity index (χ0) is 16.9. The lowest BCUT2D eigenvalue weighted by atomic mass is 10.1. The molecular formula is C20H24O2S. The van der Waals surface area contributed by atoms with Crippen LogP contribution in [0.3, 0.4) is 0 Å². The molecule has 0 N–H and O–H groups in total. The first-order valence-electron chi connectivity index (χ1n) is 7.60. The number of ether oxygens (including phenoxy) is 2. The van der Waals surface area contributed by atoms with Crippen molar-refractivity contribution in [1.82, 2.24) is 0 Å². The van der Waals surface area contributed by atoms with E-state index in [0.717, 1.165) is 17.1 Å². The molecule has 0 saturated carbocycles. The average molecular weight is 328 g/mol. The van der Waals surface area contributed by atoms with Gasteiger partial charge in [0.1, 0.15) is 11.5 Å². The lowest BCUT2D eigenvalue weighted by Crippen LogP contribution is -2.07. The molecule has 23 heavy (non-hydrogen) atoms. The second-order valence-corrected chi connectivity index (χ2v) is 8.09. The van der Waals surface area contributed by atoms with Crippen LogP contribution in [-0.4, -0.2) is 19.0 Å². The monoisotopic (exact) mass is 328 g/mol. The van der Waals surface area contributed by atoms with Gasteiger partial charge >= 0.3 is 0 Å². The van der Waals surface area contributed by atoms with Crippen molar-refractivity contribution < 1.29 is 9.47 Å². The molecule has 0 aliphatic rings. The van der Waals surface area contributed by atoms with Gasteiger partial charge in [-0.1, -0.05) is 51.1 Å². The third-order valence-electron chi connectivity index (χ3n) is 3.21.